The number of piperidine rings is 1. The van der Waals surface area contributed by atoms with Gasteiger partial charge in [-0.3, -0.25) is 0 Å². The summed E-state index contributed by atoms with van der Waals surface area (Å²) in [5.41, 5.74) is 0. The number of ether oxygens (including phenoxy) is 1. The molecular weight excluding hydrogens is 324 g/mol. The maximum absolute atomic E-state index is 13.7. The minimum Gasteiger partial charge on any atom is -0.377 e. The number of hydrogen-bond donors (Lipinski definition) is 0. The molecule has 0 saturated carbocycles. The first-order valence-electron chi connectivity index (χ1n) is 6.58. The van der Waals surface area contributed by atoms with E-state index in [9.17, 15) is 17.2 Å². The van der Waals surface area contributed by atoms with Crippen molar-refractivity contribution in [1.29, 1.82) is 0 Å². The summed E-state index contributed by atoms with van der Waals surface area (Å²) < 4.78 is 58.1. The Kier molecular flexibility index (Phi) is 5.54. The van der Waals surface area contributed by atoms with Gasteiger partial charge in [0.25, 0.3) is 0 Å². The van der Waals surface area contributed by atoms with Gasteiger partial charge in [0.15, 0.2) is 0 Å². The fraction of sp³-hybridized carbons (Fsp3) is 0.538. The highest BCUT2D eigenvalue weighted by molar-refractivity contribution is 7.89. The number of alkyl halides is 1. The lowest BCUT2D eigenvalue weighted by atomic mass is 10.1. The summed E-state index contributed by atoms with van der Waals surface area (Å²) in [6.07, 6.45) is 0.965. The van der Waals surface area contributed by atoms with Crippen LogP contribution in [0.3, 0.4) is 0 Å². The minimum atomic E-state index is -4.02. The topological polar surface area (TPSA) is 46.6 Å². The third-order valence-corrected chi connectivity index (χ3v) is 5.41. The Hall–Kier alpha value is -0.760. The first-order chi connectivity index (χ1) is 9.95. The summed E-state index contributed by atoms with van der Waals surface area (Å²) in [5.74, 6) is -1.35. The van der Waals surface area contributed by atoms with Gasteiger partial charge >= 0.3 is 0 Å². The van der Waals surface area contributed by atoms with Crippen LogP contribution in [0.2, 0.25) is 0 Å². The van der Waals surface area contributed by atoms with E-state index >= 15 is 0 Å². The molecule has 0 unspecified atom stereocenters. The molecule has 0 atom stereocenters. The Morgan fingerprint density at radius 3 is 2.57 bits per heavy atom. The number of nitrogens with zero attached hydrogens (tertiary/aromatic N) is 1. The molecule has 0 spiro atoms. The molecule has 118 valence electrons. The predicted octanol–water partition coefficient (Wildman–Crippen LogP) is 2.37. The average molecular weight is 340 g/mol. The van der Waals surface area contributed by atoms with Crippen molar-refractivity contribution in [3.63, 3.8) is 0 Å². The molecule has 0 radical (unpaired) electrons. The van der Waals surface area contributed by atoms with Crippen LogP contribution in [0.25, 0.3) is 0 Å². The molecule has 1 aliphatic heterocycles. The van der Waals surface area contributed by atoms with E-state index in [1.54, 1.807) is 0 Å². The van der Waals surface area contributed by atoms with Gasteiger partial charge in [0.1, 0.15) is 16.5 Å². The van der Waals surface area contributed by atoms with Gasteiger partial charge in [-0.15, -0.1) is 11.6 Å². The Labute approximate surface area is 127 Å². The lowest BCUT2D eigenvalue weighted by Gasteiger charge is -2.31. The highest BCUT2D eigenvalue weighted by Gasteiger charge is 2.31. The average Bonchev–Trinajstić information content (AvgIpc) is 2.48. The van der Waals surface area contributed by atoms with E-state index in [4.69, 9.17) is 16.3 Å². The molecule has 0 N–H and O–H groups in total. The smallest absolute Gasteiger partial charge is 0.246 e. The van der Waals surface area contributed by atoms with Crippen LogP contribution in [-0.4, -0.2) is 44.4 Å². The Morgan fingerprint density at radius 1 is 1.29 bits per heavy atom. The SMILES string of the molecule is O=S(=O)(c1cc(F)ccc1F)N1CCC(OCCCl)CC1. The maximum atomic E-state index is 13.7. The lowest BCUT2D eigenvalue weighted by Crippen LogP contribution is -2.41. The van der Waals surface area contributed by atoms with Crippen molar-refractivity contribution in [2.75, 3.05) is 25.6 Å². The monoisotopic (exact) mass is 339 g/mol. The number of hydrogen-bond acceptors (Lipinski definition) is 3. The van der Waals surface area contributed by atoms with Gasteiger partial charge in [-0.2, -0.15) is 4.31 Å². The molecule has 0 aromatic heterocycles. The van der Waals surface area contributed by atoms with E-state index in [0.717, 1.165) is 16.4 Å². The summed E-state index contributed by atoms with van der Waals surface area (Å²) in [6, 6.07) is 2.42. The van der Waals surface area contributed by atoms with Crippen LogP contribution in [-0.2, 0) is 14.8 Å². The molecule has 4 nitrogen and oxygen atoms in total. The molecule has 1 saturated heterocycles. The normalized spacial score (nSPS) is 18.0. The minimum absolute atomic E-state index is 0.0486. The molecule has 8 heteroatoms. The second-order valence-electron chi connectivity index (χ2n) is 4.74. The molecule has 2 rings (SSSR count). The van der Waals surface area contributed by atoms with Gasteiger partial charge in [0.2, 0.25) is 10.0 Å². The number of rotatable bonds is 5. The Balaban J connectivity index is 2.10. The van der Waals surface area contributed by atoms with Crippen LogP contribution < -0.4 is 0 Å². The maximum Gasteiger partial charge on any atom is 0.246 e. The largest absolute Gasteiger partial charge is 0.377 e. The van der Waals surface area contributed by atoms with Crippen molar-refractivity contribution in [3.8, 4) is 0 Å². The van der Waals surface area contributed by atoms with Crippen LogP contribution in [0, 0.1) is 11.6 Å². The van der Waals surface area contributed by atoms with Crippen LogP contribution in [0.1, 0.15) is 12.8 Å². The zero-order chi connectivity index (χ0) is 15.5. The van der Waals surface area contributed by atoms with E-state index < -0.39 is 26.6 Å². The number of benzene rings is 1. The van der Waals surface area contributed by atoms with Gasteiger partial charge < -0.3 is 4.74 Å². The molecule has 1 fully saturated rings. The molecule has 0 amide bonds. The van der Waals surface area contributed by atoms with E-state index in [1.165, 1.54) is 0 Å². The Morgan fingerprint density at radius 2 is 1.95 bits per heavy atom. The first-order valence-corrected chi connectivity index (χ1v) is 8.55. The van der Waals surface area contributed by atoms with Gasteiger partial charge in [-0.1, -0.05) is 0 Å². The second kappa shape index (κ2) is 7.00. The molecule has 0 aliphatic carbocycles. The van der Waals surface area contributed by atoms with E-state index in [0.29, 0.717) is 31.4 Å². The van der Waals surface area contributed by atoms with Crippen molar-refractivity contribution >= 4 is 21.6 Å². The summed E-state index contributed by atoms with van der Waals surface area (Å²) in [5, 5.41) is 0. The molecule has 1 aliphatic rings. The second-order valence-corrected chi connectivity index (χ2v) is 7.02. The summed E-state index contributed by atoms with van der Waals surface area (Å²) in [7, 11) is -4.02. The van der Waals surface area contributed by atoms with E-state index in [1.807, 2.05) is 0 Å². The first kappa shape index (κ1) is 16.6. The molecular formula is C13H16ClF2NO3S. The van der Waals surface area contributed by atoms with E-state index in [2.05, 4.69) is 0 Å². The highest BCUT2D eigenvalue weighted by Crippen LogP contribution is 2.24. The van der Waals surface area contributed by atoms with E-state index in [-0.39, 0.29) is 19.2 Å². The third kappa shape index (κ3) is 3.91. The van der Waals surface area contributed by atoms with Crippen LogP contribution >= 0.6 is 11.6 Å². The molecule has 21 heavy (non-hydrogen) atoms. The van der Waals surface area contributed by atoms with Crippen molar-refractivity contribution < 1.29 is 21.9 Å². The molecule has 1 aromatic carbocycles. The van der Waals surface area contributed by atoms with Crippen LogP contribution in [0.5, 0.6) is 0 Å². The molecule has 1 heterocycles. The summed E-state index contributed by atoms with van der Waals surface area (Å²) in [4.78, 5) is -0.623. The van der Waals surface area contributed by atoms with Gasteiger partial charge in [0, 0.05) is 19.0 Å². The van der Waals surface area contributed by atoms with Crippen LogP contribution in [0.4, 0.5) is 8.78 Å². The predicted molar refractivity (Wildman–Crippen MR) is 74.8 cm³/mol. The highest BCUT2D eigenvalue weighted by atomic mass is 35.5. The van der Waals surface area contributed by atoms with Gasteiger partial charge in [0.05, 0.1) is 12.7 Å². The van der Waals surface area contributed by atoms with Crippen molar-refractivity contribution in [2.24, 2.45) is 0 Å². The lowest BCUT2D eigenvalue weighted by molar-refractivity contribution is 0.0301. The number of halogens is 3. The van der Waals surface area contributed by atoms with Crippen LogP contribution in [0.15, 0.2) is 23.1 Å². The summed E-state index contributed by atoms with van der Waals surface area (Å²) >= 11 is 5.53. The van der Waals surface area contributed by atoms with Crippen molar-refractivity contribution in [2.45, 2.75) is 23.8 Å². The summed E-state index contributed by atoms with van der Waals surface area (Å²) in [6.45, 7) is 0.841. The molecule has 1 aromatic rings. The molecule has 0 bridgehead atoms. The Bertz CT molecular complexity index is 589. The van der Waals surface area contributed by atoms with Gasteiger partial charge in [-0.25, -0.2) is 17.2 Å². The van der Waals surface area contributed by atoms with Crippen molar-refractivity contribution in [1.82, 2.24) is 4.31 Å². The zero-order valence-corrected chi connectivity index (χ0v) is 12.8. The third-order valence-electron chi connectivity index (χ3n) is 3.34. The standard InChI is InChI=1S/C13H16ClF2NO3S/c14-5-8-20-11-3-6-17(7-4-11)21(18,19)13-9-10(15)1-2-12(13)16/h1-2,9,11H,3-8H2. The fourth-order valence-corrected chi connectivity index (χ4v) is 3.90. The van der Waals surface area contributed by atoms with Crippen molar-refractivity contribution in [3.05, 3.63) is 29.8 Å². The quantitative estimate of drug-likeness (QED) is 0.774. The fourth-order valence-electron chi connectivity index (χ4n) is 2.26. The van der Waals surface area contributed by atoms with Gasteiger partial charge in [-0.05, 0) is 31.0 Å². The zero-order valence-electron chi connectivity index (χ0n) is 11.3. The number of sulfonamides is 1.